The molecule has 0 saturated heterocycles. The number of carbonyl (C=O) groups is 2. The Morgan fingerprint density at radius 3 is 1.44 bits per heavy atom. The van der Waals surface area contributed by atoms with Crippen LogP contribution in [0.15, 0.2) is 66.7 Å². The number of fused-ring (bicyclic) bond motifs is 2. The molecule has 3 heterocycles. The summed E-state index contributed by atoms with van der Waals surface area (Å²) in [7, 11) is 0. The summed E-state index contributed by atoms with van der Waals surface area (Å²) in [5.41, 5.74) is 2.52. The molecule has 2 N–H and O–H groups in total. The molecule has 0 radical (unpaired) electrons. The van der Waals surface area contributed by atoms with Crippen molar-refractivity contribution >= 4 is 56.9 Å². The molecular weight excluding hydrogens is 477 g/mol. The van der Waals surface area contributed by atoms with Gasteiger partial charge < -0.3 is 10.2 Å². The monoisotopic (exact) mass is 489 g/mol. The molecule has 0 aliphatic rings. The number of carboxylic acids is 2. The van der Waals surface area contributed by atoms with Gasteiger partial charge in [0.1, 0.15) is 0 Å². The minimum absolute atomic E-state index is 0.0450. The van der Waals surface area contributed by atoms with Crippen LogP contribution < -0.4 is 0 Å². The lowest BCUT2D eigenvalue weighted by atomic mass is 10.0. The smallest absolute Gasteiger partial charge is 0.336 e. The summed E-state index contributed by atoms with van der Waals surface area (Å²) in [6, 6.07) is 17.6. The molecule has 0 aliphatic carbocycles. The molecular formula is C25H13Cl2N3O4. The van der Waals surface area contributed by atoms with E-state index in [0.29, 0.717) is 54.6 Å². The van der Waals surface area contributed by atoms with Crippen molar-refractivity contribution in [3.8, 4) is 22.8 Å². The van der Waals surface area contributed by atoms with Crippen molar-refractivity contribution in [2.24, 2.45) is 0 Å². The molecule has 0 aliphatic heterocycles. The highest BCUT2D eigenvalue weighted by atomic mass is 35.5. The maximum Gasteiger partial charge on any atom is 0.336 e. The Labute approximate surface area is 202 Å². The highest BCUT2D eigenvalue weighted by Gasteiger charge is 2.17. The lowest BCUT2D eigenvalue weighted by Gasteiger charge is -2.10. The van der Waals surface area contributed by atoms with E-state index in [9.17, 15) is 19.8 Å². The summed E-state index contributed by atoms with van der Waals surface area (Å²) in [5.74, 6) is -2.24. The third-order valence-corrected chi connectivity index (χ3v) is 5.75. The second-order valence-corrected chi connectivity index (χ2v) is 8.32. The van der Waals surface area contributed by atoms with Gasteiger partial charge in [-0.1, -0.05) is 29.3 Å². The highest BCUT2D eigenvalue weighted by molar-refractivity contribution is 6.32. The molecule has 0 saturated carbocycles. The van der Waals surface area contributed by atoms with Gasteiger partial charge in [0.05, 0.1) is 44.9 Å². The lowest BCUT2D eigenvalue weighted by Crippen LogP contribution is -2.02. The summed E-state index contributed by atoms with van der Waals surface area (Å²) >= 11 is 12.1. The number of nitrogens with zero attached hydrogens (tertiary/aromatic N) is 3. The van der Waals surface area contributed by atoms with Crippen LogP contribution in [0.4, 0.5) is 0 Å². The van der Waals surface area contributed by atoms with Gasteiger partial charge in [0.2, 0.25) is 0 Å². The first kappa shape index (κ1) is 21.8. The molecule has 0 unspecified atom stereocenters. The first-order chi connectivity index (χ1) is 16.3. The standard InChI is InChI=1S/C25H13Cl2N3O4/c26-12-4-6-18-14(8-12)16(24(31)32)10-22(28-18)20-2-1-3-21(30-20)23-11-17(25(33)34)15-9-13(27)5-7-19(15)29-23/h1-11H,(H,31,32)(H,33,34). The van der Waals surface area contributed by atoms with Crippen molar-refractivity contribution in [3.63, 3.8) is 0 Å². The predicted molar refractivity (Wildman–Crippen MR) is 130 cm³/mol. The summed E-state index contributed by atoms with van der Waals surface area (Å²) < 4.78 is 0. The van der Waals surface area contributed by atoms with Crippen LogP contribution in [0.2, 0.25) is 10.0 Å². The van der Waals surface area contributed by atoms with E-state index in [0.717, 1.165) is 0 Å². The SMILES string of the molecule is O=C(O)c1cc(-c2cccc(-c3cc(C(=O)O)c4cc(Cl)ccc4n3)n2)nc2ccc(Cl)cc12. The topological polar surface area (TPSA) is 113 Å². The number of rotatable bonds is 4. The number of carboxylic acid groups (broad SMARTS) is 2. The van der Waals surface area contributed by atoms with Crippen LogP contribution in [-0.4, -0.2) is 37.1 Å². The molecule has 9 heteroatoms. The Bertz CT molecular complexity index is 1530. The zero-order chi connectivity index (χ0) is 24.0. The summed E-state index contributed by atoms with van der Waals surface area (Å²) in [6.07, 6.45) is 0. The van der Waals surface area contributed by atoms with Gasteiger partial charge >= 0.3 is 11.9 Å². The summed E-state index contributed by atoms with van der Waals surface area (Å²) in [4.78, 5) is 37.5. The van der Waals surface area contributed by atoms with Gasteiger partial charge in [-0.05, 0) is 60.7 Å². The average Bonchev–Trinajstić information content (AvgIpc) is 2.82. The van der Waals surface area contributed by atoms with Crippen LogP contribution in [-0.2, 0) is 0 Å². The molecule has 0 bridgehead atoms. The second kappa shape index (κ2) is 8.37. The van der Waals surface area contributed by atoms with E-state index >= 15 is 0 Å². The molecule has 3 aromatic heterocycles. The van der Waals surface area contributed by atoms with Gasteiger partial charge in [-0.25, -0.2) is 24.5 Å². The van der Waals surface area contributed by atoms with Crippen LogP contribution in [0.3, 0.4) is 0 Å². The van der Waals surface area contributed by atoms with Gasteiger partial charge in [0, 0.05) is 20.8 Å². The Hall–Kier alpha value is -4.07. The quantitative estimate of drug-likeness (QED) is 0.308. The fourth-order valence-electron chi connectivity index (χ4n) is 3.73. The molecule has 0 spiro atoms. The van der Waals surface area contributed by atoms with E-state index in [4.69, 9.17) is 23.2 Å². The number of halogens is 2. The lowest BCUT2D eigenvalue weighted by molar-refractivity contribution is 0.0688. The normalized spacial score (nSPS) is 11.1. The Balaban J connectivity index is 1.68. The van der Waals surface area contributed by atoms with Crippen molar-refractivity contribution in [2.75, 3.05) is 0 Å². The van der Waals surface area contributed by atoms with Gasteiger partial charge in [-0.3, -0.25) is 0 Å². The van der Waals surface area contributed by atoms with Gasteiger partial charge in [0.25, 0.3) is 0 Å². The van der Waals surface area contributed by atoms with Crippen LogP contribution in [0.1, 0.15) is 20.7 Å². The molecule has 0 atom stereocenters. The molecule has 5 aromatic rings. The molecule has 0 fully saturated rings. The molecule has 7 nitrogen and oxygen atoms in total. The van der Waals surface area contributed by atoms with Crippen molar-refractivity contribution < 1.29 is 19.8 Å². The van der Waals surface area contributed by atoms with Crippen LogP contribution >= 0.6 is 23.2 Å². The Kier molecular flexibility index (Phi) is 5.36. The van der Waals surface area contributed by atoms with Crippen molar-refractivity contribution in [2.45, 2.75) is 0 Å². The number of aromatic carboxylic acids is 2. The van der Waals surface area contributed by atoms with Crippen molar-refractivity contribution in [3.05, 3.63) is 87.9 Å². The molecule has 34 heavy (non-hydrogen) atoms. The minimum atomic E-state index is -1.12. The Morgan fingerprint density at radius 1 is 0.588 bits per heavy atom. The van der Waals surface area contributed by atoms with Crippen molar-refractivity contribution in [1.82, 2.24) is 15.0 Å². The molecule has 0 amide bonds. The number of aromatic nitrogens is 3. The number of benzene rings is 2. The maximum atomic E-state index is 11.9. The van der Waals surface area contributed by atoms with E-state index in [1.807, 2.05) is 0 Å². The third-order valence-electron chi connectivity index (χ3n) is 5.28. The van der Waals surface area contributed by atoms with Gasteiger partial charge in [-0.2, -0.15) is 0 Å². The fraction of sp³-hybridized carbons (Fsp3) is 0. The van der Waals surface area contributed by atoms with Crippen molar-refractivity contribution in [1.29, 1.82) is 0 Å². The zero-order valence-electron chi connectivity index (χ0n) is 17.2. The first-order valence-electron chi connectivity index (χ1n) is 9.95. The number of hydrogen-bond donors (Lipinski definition) is 2. The Morgan fingerprint density at radius 2 is 1.03 bits per heavy atom. The number of hydrogen-bond acceptors (Lipinski definition) is 5. The highest BCUT2D eigenvalue weighted by Crippen LogP contribution is 2.30. The van der Waals surface area contributed by atoms with E-state index in [1.54, 1.807) is 54.6 Å². The number of pyridine rings is 3. The summed E-state index contributed by atoms with van der Waals surface area (Å²) in [6.45, 7) is 0. The predicted octanol–water partition coefficient (Wildman–Crippen LogP) is 6.22. The fourth-order valence-corrected chi connectivity index (χ4v) is 4.08. The minimum Gasteiger partial charge on any atom is -0.478 e. The maximum absolute atomic E-state index is 11.9. The second-order valence-electron chi connectivity index (χ2n) is 7.45. The molecule has 166 valence electrons. The zero-order valence-corrected chi connectivity index (χ0v) is 18.7. The van der Waals surface area contributed by atoms with Crippen LogP contribution in [0, 0.1) is 0 Å². The molecule has 5 rings (SSSR count). The molecule has 2 aromatic carbocycles. The van der Waals surface area contributed by atoms with Crippen LogP contribution in [0.5, 0.6) is 0 Å². The van der Waals surface area contributed by atoms with E-state index in [1.165, 1.54) is 12.1 Å². The van der Waals surface area contributed by atoms with Crippen LogP contribution in [0.25, 0.3) is 44.6 Å². The van der Waals surface area contributed by atoms with Gasteiger partial charge in [0.15, 0.2) is 0 Å². The van der Waals surface area contributed by atoms with E-state index in [-0.39, 0.29) is 11.1 Å². The first-order valence-corrected chi connectivity index (χ1v) is 10.7. The third kappa shape index (κ3) is 3.91. The van der Waals surface area contributed by atoms with E-state index in [2.05, 4.69) is 15.0 Å². The van der Waals surface area contributed by atoms with Gasteiger partial charge in [-0.15, -0.1) is 0 Å². The summed E-state index contributed by atoms with van der Waals surface area (Å²) in [5, 5.41) is 21.1. The average molecular weight is 490 g/mol. The largest absolute Gasteiger partial charge is 0.478 e. The van der Waals surface area contributed by atoms with E-state index < -0.39 is 11.9 Å².